The van der Waals surface area contributed by atoms with Crippen LogP contribution in [0.1, 0.15) is 42.9 Å². The molecule has 0 aliphatic heterocycles. The van der Waals surface area contributed by atoms with E-state index in [4.69, 9.17) is 0 Å². The van der Waals surface area contributed by atoms with Crippen LogP contribution in [0.3, 0.4) is 0 Å². The highest BCUT2D eigenvalue weighted by molar-refractivity contribution is 5.57. The van der Waals surface area contributed by atoms with Gasteiger partial charge in [-0.05, 0) is 43.7 Å². The summed E-state index contributed by atoms with van der Waals surface area (Å²) < 4.78 is 0. The van der Waals surface area contributed by atoms with Crippen molar-refractivity contribution in [3.63, 3.8) is 0 Å². The Morgan fingerprint density at radius 2 is 2.07 bits per heavy atom. The third-order valence-electron chi connectivity index (χ3n) is 3.39. The Hall–Kier alpha value is -1.02. The summed E-state index contributed by atoms with van der Waals surface area (Å²) in [5, 5.41) is 13.5. The van der Waals surface area contributed by atoms with Crippen LogP contribution in [-0.2, 0) is 6.42 Å². The third kappa shape index (κ3) is 1.74. The molecule has 1 aromatic rings. The van der Waals surface area contributed by atoms with Crippen molar-refractivity contribution < 1.29 is 5.11 Å². The zero-order valence-corrected chi connectivity index (χ0v) is 8.87. The maximum absolute atomic E-state index is 10.0. The number of rotatable bonds is 2. The minimum Gasteiger partial charge on any atom is -0.388 e. The maximum atomic E-state index is 10.0. The van der Waals surface area contributed by atoms with Crippen molar-refractivity contribution in [3.8, 4) is 0 Å². The van der Waals surface area contributed by atoms with Crippen LogP contribution in [0, 0.1) is 0 Å². The molecule has 2 nitrogen and oxygen atoms in total. The normalized spacial score (nSPS) is 24.7. The number of hydrogen-bond donors (Lipinski definition) is 2. The van der Waals surface area contributed by atoms with Gasteiger partial charge >= 0.3 is 0 Å². The Bertz CT molecular complexity index is 371. The van der Waals surface area contributed by atoms with E-state index in [2.05, 4.69) is 23.5 Å². The average molecular weight is 203 g/mol. The standard InChI is InChI=1S/C13H17NO/c15-12-6-2-4-9-3-1-5-11(13(9)12)14-10-7-8-10/h1,3,5,10,12,14-15H,2,4,6-8H2. The summed E-state index contributed by atoms with van der Waals surface area (Å²) in [5.41, 5.74) is 3.66. The quantitative estimate of drug-likeness (QED) is 0.774. The highest BCUT2D eigenvalue weighted by atomic mass is 16.3. The van der Waals surface area contributed by atoms with Crippen LogP contribution in [0.4, 0.5) is 5.69 Å². The Kier molecular flexibility index (Phi) is 2.17. The Balaban J connectivity index is 1.97. The first kappa shape index (κ1) is 9.22. The lowest BCUT2D eigenvalue weighted by Gasteiger charge is -2.24. The van der Waals surface area contributed by atoms with Gasteiger partial charge in [0.05, 0.1) is 6.10 Å². The molecule has 0 spiro atoms. The van der Waals surface area contributed by atoms with E-state index in [1.54, 1.807) is 0 Å². The zero-order valence-electron chi connectivity index (χ0n) is 8.87. The van der Waals surface area contributed by atoms with E-state index >= 15 is 0 Å². The van der Waals surface area contributed by atoms with Crippen LogP contribution in [0.15, 0.2) is 18.2 Å². The van der Waals surface area contributed by atoms with Crippen LogP contribution in [0.5, 0.6) is 0 Å². The van der Waals surface area contributed by atoms with E-state index in [1.165, 1.54) is 24.1 Å². The molecule has 2 heteroatoms. The number of anilines is 1. The molecule has 1 unspecified atom stereocenters. The fourth-order valence-corrected chi connectivity index (χ4v) is 2.43. The molecular weight excluding hydrogens is 186 g/mol. The molecule has 2 aliphatic rings. The summed E-state index contributed by atoms with van der Waals surface area (Å²) in [4.78, 5) is 0. The van der Waals surface area contributed by atoms with Crippen LogP contribution < -0.4 is 5.32 Å². The number of aliphatic hydroxyl groups excluding tert-OH is 1. The Labute approximate surface area is 90.3 Å². The van der Waals surface area contributed by atoms with Crippen molar-refractivity contribution in [2.24, 2.45) is 0 Å². The molecule has 1 aromatic carbocycles. The summed E-state index contributed by atoms with van der Waals surface area (Å²) in [6.45, 7) is 0. The smallest absolute Gasteiger partial charge is 0.0812 e. The summed E-state index contributed by atoms with van der Waals surface area (Å²) in [5.74, 6) is 0. The van der Waals surface area contributed by atoms with Gasteiger partial charge in [0.15, 0.2) is 0 Å². The van der Waals surface area contributed by atoms with Gasteiger partial charge in [0, 0.05) is 17.3 Å². The highest BCUT2D eigenvalue weighted by Gasteiger charge is 2.25. The average Bonchev–Trinajstić information content (AvgIpc) is 3.02. The molecule has 2 N–H and O–H groups in total. The van der Waals surface area contributed by atoms with E-state index in [9.17, 15) is 5.11 Å². The number of aliphatic hydroxyl groups is 1. The second-order valence-electron chi connectivity index (χ2n) is 4.71. The van der Waals surface area contributed by atoms with E-state index in [1.807, 2.05) is 0 Å². The molecule has 1 atom stereocenters. The van der Waals surface area contributed by atoms with E-state index in [0.29, 0.717) is 6.04 Å². The monoisotopic (exact) mass is 203 g/mol. The van der Waals surface area contributed by atoms with Crippen LogP contribution in [0.2, 0.25) is 0 Å². The fourth-order valence-electron chi connectivity index (χ4n) is 2.43. The Morgan fingerprint density at radius 1 is 1.20 bits per heavy atom. The van der Waals surface area contributed by atoms with Gasteiger partial charge in [0.2, 0.25) is 0 Å². The van der Waals surface area contributed by atoms with Crippen molar-refractivity contribution >= 4 is 5.69 Å². The van der Waals surface area contributed by atoms with Gasteiger partial charge in [0.25, 0.3) is 0 Å². The molecule has 80 valence electrons. The molecular formula is C13H17NO. The van der Waals surface area contributed by atoms with Crippen molar-refractivity contribution in [3.05, 3.63) is 29.3 Å². The van der Waals surface area contributed by atoms with E-state index in [0.717, 1.165) is 24.8 Å². The topological polar surface area (TPSA) is 32.3 Å². The van der Waals surface area contributed by atoms with Crippen molar-refractivity contribution in [1.29, 1.82) is 0 Å². The summed E-state index contributed by atoms with van der Waals surface area (Å²) in [6.07, 6.45) is 5.44. The lowest BCUT2D eigenvalue weighted by Crippen LogP contribution is -2.13. The predicted octanol–water partition coefficient (Wildman–Crippen LogP) is 2.63. The molecule has 15 heavy (non-hydrogen) atoms. The van der Waals surface area contributed by atoms with Gasteiger partial charge in [-0.25, -0.2) is 0 Å². The van der Waals surface area contributed by atoms with Gasteiger partial charge in [-0.1, -0.05) is 12.1 Å². The first-order chi connectivity index (χ1) is 7.34. The number of aryl methyl sites for hydroxylation is 1. The molecule has 0 saturated heterocycles. The van der Waals surface area contributed by atoms with Gasteiger partial charge in [-0.15, -0.1) is 0 Å². The molecule has 0 amide bonds. The molecule has 1 saturated carbocycles. The summed E-state index contributed by atoms with van der Waals surface area (Å²) >= 11 is 0. The molecule has 3 rings (SSSR count). The third-order valence-corrected chi connectivity index (χ3v) is 3.39. The SMILES string of the molecule is OC1CCCc2cccc(NC3CC3)c21. The second-order valence-corrected chi connectivity index (χ2v) is 4.71. The minimum absolute atomic E-state index is 0.254. The van der Waals surface area contributed by atoms with Gasteiger partial charge in [-0.2, -0.15) is 0 Å². The van der Waals surface area contributed by atoms with Crippen LogP contribution >= 0.6 is 0 Å². The predicted molar refractivity (Wildman–Crippen MR) is 61.0 cm³/mol. The number of hydrogen-bond acceptors (Lipinski definition) is 2. The molecule has 1 fully saturated rings. The second kappa shape index (κ2) is 3.53. The lowest BCUT2D eigenvalue weighted by molar-refractivity contribution is 0.157. The largest absolute Gasteiger partial charge is 0.388 e. The Morgan fingerprint density at radius 3 is 2.87 bits per heavy atom. The maximum Gasteiger partial charge on any atom is 0.0812 e. The number of nitrogens with one attached hydrogen (secondary N) is 1. The van der Waals surface area contributed by atoms with Crippen molar-refractivity contribution in [1.82, 2.24) is 0 Å². The highest BCUT2D eigenvalue weighted by Crippen LogP contribution is 2.37. The molecule has 0 bridgehead atoms. The van der Waals surface area contributed by atoms with Crippen molar-refractivity contribution in [2.45, 2.75) is 44.2 Å². The van der Waals surface area contributed by atoms with Gasteiger partial charge < -0.3 is 10.4 Å². The van der Waals surface area contributed by atoms with Gasteiger partial charge in [-0.3, -0.25) is 0 Å². The first-order valence-electron chi connectivity index (χ1n) is 5.91. The lowest BCUT2D eigenvalue weighted by atomic mass is 9.88. The minimum atomic E-state index is -0.254. The summed E-state index contributed by atoms with van der Waals surface area (Å²) in [6, 6.07) is 7.01. The van der Waals surface area contributed by atoms with Gasteiger partial charge in [0.1, 0.15) is 0 Å². The van der Waals surface area contributed by atoms with E-state index in [-0.39, 0.29) is 6.10 Å². The molecule has 0 aromatic heterocycles. The van der Waals surface area contributed by atoms with Crippen molar-refractivity contribution in [2.75, 3.05) is 5.32 Å². The summed E-state index contributed by atoms with van der Waals surface area (Å²) in [7, 11) is 0. The zero-order chi connectivity index (χ0) is 10.3. The van der Waals surface area contributed by atoms with Crippen LogP contribution in [0.25, 0.3) is 0 Å². The number of fused-ring (bicyclic) bond motifs is 1. The molecule has 0 radical (unpaired) electrons. The fraction of sp³-hybridized carbons (Fsp3) is 0.538. The molecule has 2 aliphatic carbocycles. The van der Waals surface area contributed by atoms with E-state index < -0.39 is 0 Å². The number of benzene rings is 1. The van der Waals surface area contributed by atoms with Crippen LogP contribution in [-0.4, -0.2) is 11.1 Å². The first-order valence-corrected chi connectivity index (χ1v) is 5.91. The molecule has 0 heterocycles.